The summed E-state index contributed by atoms with van der Waals surface area (Å²) in [5.74, 6) is -0.150. The summed E-state index contributed by atoms with van der Waals surface area (Å²) in [5.41, 5.74) is 0.809. The van der Waals surface area contributed by atoms with Crippen LogP contribution in [0.4, 0.5) is 5.69 Å². The highest BCUT2D eigenvalue weighted by Crippen LogP contribution is 2.34. The van der Waals surface area contributed by atoms with E-state index in [1.54, 1.807) is 36.4 Å². The van der Waals surface area contributed by atoms with Crippen molar-refractivity contribution in [3.8, 4) is 11.5 Å². The zero-order valence-corrected chi connectivity index (χ0v) is 23.8. The average Bonchev–Trinajstić information content (AvgIpc) is 3.40. The van der Waals surface area contributed by atoms with Crippen LogP contribution >= 0.6 is 11.6 Å². The van der Waals surface area contributed by atoms with Crippen LogP contribution in [0.25, 0.3) is 0 Å². The molecule has 208 valence electrons. The SMILES string of the molecule is CC[C@H](C(=O)NC1CCCC1)N(Cc1ccccc1Cl)C(=O)CN(c1cc(OC)ccc1OC)S(C)(=O)=O. The molecule has 3 rings (SSSR count). The average molecular weight is 566 g/mol. The van der Waals surface area contributed by atoms with Crippen molar-refractivity contribution in [2.45, 2.75) is 57.7 Å². The fourth-order valence-electron chi connectivity index (χ4n) is 4.68. The van der Waals surface area contributed by atoms with E-state index in [-0.39, 0.29) is 29.9 Å². The minimum atomic E-state index is -3.93. The highest BCUT2D eigenvalue weighted by atomic mass is 35.5. The molecular weight excluding hydrogens is 530 g/mol. The summed E-state index contributed by atoms with van der Waals surface area (Å²) in [6, 6.07) is 11.0. The van der Waals surface area contributed by atoms with Gasteiger partial charge in [0, 0.05) is 23.7 Å². The number of nitrogens with zero attached hydrogens (tertiary/aromatic N) is 2. The van der Waals surface area contributed by atoms with Gasteiger partial charge in [-0.3, -0.25) is 13.9 Å². The predicted molar refractivity (Wildman–Crippen MR) is 148 cm³/mol. The summed E-state index contributed by atoms with van der Waals surface area (Å²) in [6.07, 6.45) is 5.26. The Balaban J connectivity index is 1.99. The Bertz CT molecular complexity index is 1230. The standard InChI is InChI=1S/C27H36ClN3O6S/c1-5-23(27(33)29-20-11-7-8-12-20)30(17-19-10-6-9-13-22(19)28)26(32)18-31(38(4,34)35)24-16-21(36-2)14-15-25(24)37-3/h6,9-10,13-16,20,23H,5,7-8,11-12,17-18H2,1-4H3,(H,29,33)/t23-/m1/s1. The Hall–Kier alpha value is -2.98. The molecule has 2 aromatic carbocycles. The Morgan fingerprint density at radius 3 is 2.37 bits per heavy atom. The van der Waals surface area contributed by atoms with Crippen LogP contribution in [0.5, 0.6) is 11.5 Å². The molecule has 1 N–H and O–H groups in total. The number of hydrogen-bond acceptors (Lipinski definition) is 6. The van der Waals surface area contributed by atoms with E-state index >= 15 is 0 Å². The zero-order valence-electron chi connectivity index (χ0n) is 22.3. The van der Waals surface area contributed by atoms with Crippen molar-refractivity contribution in [2.75, 3.05) is 31.3 Å². The van der Waals surface area contributed by atoms with E-state index in [1.165, 1.54) is 25.2 Å². The number of benzene rings is 2. The summed E-state index contributed by atoms with van der Waals surface area (Å²) in [5, 5.41) is 3.53. The Morgan fingerprint density at radius 1 is 1.11 bits per heavy atom. The number of ether oxygens (including phenoxy) is 2. The molecule has 11 heteroatoms. The third-order valence-corrected chi connectivity index (χ3v) is 8.22. The van der Waals surface area contributed by atoms with Gasteiger partial charge in [-0.15, -0.1) is 0 Å². The largest absolute Gasteiger partial charge is 0.497 e. The van der Waals surface area contributed by atoms with Crippen molar-refractivity contribution in [2.24, 2.45) is 0 Å². The van der Waals surface area contributed by atoms with E-state index in [9.17, 15) is 18.0 Å². The van der Waals surface area contributed by atoms with Crippen LogP contribution in [0, 0.1) is 0 Å². The smallest absolute Gasteiger partial charge is 0.244 e. The van der Waals surface area contributed by atoms with E-state index in [0.717, 1.165) is 36.2 Å². The van der Waals surface area contributed by atoms with Crippen molar-refractivity contribution in [3.63, 3.8) is 0 Å². The first-order valence-electron chi connectivity index (χ1n) is 12.6. The Morgan fingerprint density at radius 2 is 1.79 bits per heavy atom. The van der Waals surface area contributed by atoms with Crippen molar-refractivity contribution < 1.29 is 27.5 Å². The van der Waals surface area contributed by atoms with Gasteiger partial charge in [0.05, 0.1) is 26.2 Å². The van der Waals surface area contributed by atoms with Gasteiger partial charge in [-0.2, -0.15) is 0 Å². The van der Waals surface area contributed by atoms with Crippen LogP contribution in [0.15, 0.2) is 42.5 Å². The second-order valence-corrected chi connectivity index (χ2v) is 11.6. The number of halogens is 1. The number of hydrogen-bond donors (Lipinski definition) is 1. The third-order valence-electron chi connectivity index (χ3n) is 6.72. The highest BCUT2D eigenvalue weighted by molar-refractivity contribution is 7.92. The molecule has 2 amide bonds. The maximum absolute atomic E-state index is 13.9. The van der Waals surface area contributed by atoms with E-state index in [2.05, 4.69) is 5.32 Å². The maximum atomic E-state index is 13.9. The van der Waals surface area contributed by atoms with Crippen LogP contribution in [-0.4, -0.2) is 64.2 Å². The number of anilines is 1. The molecule has 2 aromatic rings. The first-order chi connectivity index (χ1) is 18.1. The molecular formula is C27H36ClN3O6S. The van der Waals surface area contributed by atoms with E-state index in [1.807, 2.05) is 6.92 Å². The minimum absolute atomic E-state index is 0.0436. The summed E-state index contributed by atoms with van der Waals surface area (Å²) in [6.45, 7) is 1.33. The van der Waals surface area contributed by atoms with Gasteiger partial charge in [0.15, 0.2) is 0 Å². The summed E-state index contributed by atoms with van der Waals surface area (Å²) < 4.78 is 37.5. The second kappa shape index (κ2) is 13.2. The van der Waals surface area contributed by atoms with Gasteiger partial charge in [-0.05, 0) is 43.0 Å². The second-order valence-electron chi connectivity index (χ2n) is 9.33. The van der Waals surface area contributed by atoms with E-state index in [4.69, 9.17) is 21.1 Å². The molecule has 1 saturated carbocycles. The van der Waals surface area contributed by atoms with Crippen LogP contribution in [0.1, 0.15) is 44.6 Å². The molecule has 0 bridgehead atoms. The Labute approximate surface area is 230 Å². The lowest BCUT2D eigenvalue weighted by Gasteiger charge is -2.33. The monoisotopic (exact) mass is 565 g/mol. The molecule has 0 saturated heterocycles. The van der Waals surface area contributed by atoms with Crippen LogP contribution < -0.4 is 19.1 Å². The number of carbonyl (C=O) groups is 2. The van der Waals surface area contributed by atoms with Gasteiger partial charge in [0.2, 0.25) is 21.8 Å². The molecule has 1 aliphatic carbocycles. The van der Waals surface area contributed by atoms with Crippen molar-refractivity contribution >= 4 is 39.1 Å². The predicted octanol–water partition coefficient (Wildman–Crippen LogP) is 3.99. The molecule has 0 aliphatic heterocycles. The number of amides is 2. The molecule has 9 nitrogen and oxygen atoms in total. The van der Waals surface area contributed by atoms with Crippen LogP contribution in [0.3, 0.4) is 0 Å². The van der Waals surface area contributed by atoms with Crippen molar-refractivity contribution in [1.82, 2.24) is 10.2 Å². The molecule has 1 aliphatic rings. The molecule has 38 heavy (non-hydrogen) atoms. The lowest BCUT2D eigenvalue weighted by Crippen LogP contribution is -2.53. The van der Waals surface area contributed by atoms with Gasteiger partial charge < -0.3 is 19.7 Å². The van der Waals surface area contributed by atoms with Crippen LogP contribution in [0.2, 0.25) is 5.02 Å². The van der Waals surface area contributed by atoms with Gasteiger partial charge in [0.1, 0.15) is 24.1 Å². The topological polar surface area (TPSA) is 105 Å². The van der Waals surface area contributed by atoms with Gasteiger partial charge in [0.25, 0.3) is 0 Å². The number of sulfonamides is 1. The first-order valence-corrected chi connectivity index (χ1v) is 14.8. The molecule has 0 aromatic heterocycles. The summed E-state index contributed by atoms with van der Waals surface area (Å²) >= 11 is 6.41. The maximum Gasteiger partial charge on any atom is 0.244 e. The molecule has 0 heterocycles. The Kier molecular flexibility index (Phi) is 10.3. The molecule has 1 fully saturated rings. The van der Waals surface area contributed by atoms with Crippen LogP contribution in [-0.2, 0) is 26.2 Å². The normalized spacial score (nSPS) is 14.6. The molecule has 0 unspecified atom stereocenters. The molecule has 1 atom stereocenters. The van der Waals surface area contributed by atoms with Gasteiger partial charge >= 0.3 is 0 Å². The summed E-state index contributed by atoms with van der Waals surface area (Å²) in [4.78, 5) is 28.7. The molecule has 0 spiro atoms. The minimum Gasteiger partial charge on any atom is -0.497 e. The highest BCUT2D eigenvalue weighted by Gasteiger charge is 2.34. The quantitative estimate of drug-likeness (QED) is 0.417. The summed E-state index contributed by atoms with van der Waals surface area (Å²) in [7, 11) is -1.06. The number of rotatable bonds is 12. The van der Waals surface area contributed by atoms with Crippen molar-refractivity contribution in [1.29, 1.82) is 0 Å². The van der Waals surface area contributed by atoms with E-state index < -0.39 is 28.5 Å². The lowest BCUT2D eigenvalue weighted by atomic mass is 10.1. The lowest BCUT2D eigenvalue weighted by molar-refractivity contribution is -0.140. The van der Waals surface area contributed by atoms with Gasteiger partial charge in [-0.1, -0.05) is 49.6 Å². The first kappa shape index (κ1) is 29.6. The fourth-order valence-corrected chi connectivity index (χ4v) is 5.72. The fraction of sp³-hybridized carbons (Fsp3) is 0.481. The number of carbonyl (C=O) groups excluding carboxylic acids is 2. The molecule has 0 radical (unpaired) electrons. The zero-order chi connectivity index (χ0) is 27.9. The number of methoxy groups -OCH3 is 2. The third kappa shape index (κ3) is 7.32. The number of nitrogens with one attached hydrogen (secondary N) is 1. The van der Waals surface area contributed by atoms with E-state index in [0.29, 0.717) is 22.8 Å². The van der Waals surface area contributed by atoms with Gasteiger partial charge in [-0.25, -0.2) is 8.42 Å². The van der Waals surface area contributed by atoms with Crippen molar-refractivity contribution in [3.05, 3.63) is 53.1 Å².